The number of ketones is 4. The van der Waals surface area contributed by atoms with E-state index in [0.717, 1.165) is 18.2 Å². The van der Waals surface area contributed by atoms with Gasteiger partial charge in [-0.3, -0.25) is 79.9 Å². The van der Waals surface area contributed by atoms with E-state index in [4.69, 9.17) is 0 Å². The second-order valence-electron chi connectivity index (χ2n) is 10.3. The average molecular weight is 684 g/mol. The standard InChI is InChI=1S/C28H8N6O16/c35-25-9-4-1-2-5-10(9)26(36)15-11(6-3-7-12(15)25)16-18-19(23(33(47)48)24(34(49)50)21(16)31(43)44)28(38)17-13(27(18)37)8-14(29(39)40)20(30(41)42)22(17)32(45)46/h1-8H. The fourth-order valence-corrected chi connectivity index (χ4v) is 6.11. The van der Waals surface area contributed by atoms with E-state index in [0.29, 0.717) is 0 Å². The molecule has 22 heteroatoms. The van der Waals surface area contributed by atoms with E-state index >= 15 is 0 Å². The highest BCUT2D eigenvalue weighted by molar-refractivity contribution is 6.36. The van der Waals surface area contributed by atoms with E-state index in [1.807, 2.05) is 0 Å². The molecule has 0 aliphatic heterocycles. The third-order valence-corrected chi connectivity index (χ3v) is 7.93. The van der Waals surface area contributed by atoms with Gasteiger partial charge in [0, 0.05) is 39.4 Å². The molecule has 0 aromatic heterocycles. The summed E-state index contributed by atoms with van der Waals surface area (Å²) in [5.74, 6) is -5.76. The first kappa shape index (κ1) is 31.9. The van der Waals surface area contributed by atoms with E-state index in [1.165, 1.54) is 24.3 Å². The molecule has 0 saturated heterocycles. The quantitative estimate of drug-likeness (QED) is 0.166. The van der Waals surface area contributed by atoms with Crippen molar-refractivity contribution in [2.75, 3.05) is 0 Å². The molecule has 4 aromatic carbocycles. The van der Waals surface area contributed by atoms with Gasteiger partial charge >= 0.3 is 34.1 Å². The number of carbonyl (C=O) groups is 4. The SMILES string of the molecule is O=C1c2ccccc2C(=O)c2c1cccc2-c1c2c(c([N+](=O)[O-])c([N+](=O)[O-])c1[N+](=O)[O-])C(=O)c1c(cc([N+](=O)[O-])c([N+](=O)[O-])c1[N+](=O)[O-])C2=O. The Labute approximate surface area is 271 Å². The highest BCUT2D eigenvalue weighted by atomic mass is 16.7. The zero-order valence-corrected chi connectivity index (χ0v) is 23.8. The van der Waals surface area contributed by atoms with Gasteiger partial charge in [-0.1, -0.05) is 42.5 Å². The zero-order valence-electron chi connectivity index (χ0n) is 23.8. The summed E-state index contributed by atoms with van der Waals surface area (Å²) in [7, 11) is 0. The first-order valence-corrected chi connectivity index (χ1v) is 13.2. The van der Waals surface area contributed by atoms with Gasteiger partial charge in [-0.15, -0.1) is 0 Å². The van der Waals surface area contributed by atoms with E-state index in [9.17, 15) is 79.9 Å². The van der Waals surface area contributed by atoms with Crippen LogP contribution in [0.4, 0.5) is 34.1 Å². The lowest BCUT2D eigenvalue weighted by molar-refractivity contribution is -0.441. The van der Waals surface area contributed by atoms with Crippen molar-refractivity contribution in [3.05, 3.63) is 154 Å². The molecule has 0 amide bonds. The van der Waals surface area contributed by atoms with Gasteiger partial charge in [0.1, 0.15) is 11.1 Å². The maximum Gasteiger partial charge on any atom is 0.423 e. The summed E-state index contributed by atoms with van der Waals surface area (Å²) in [5, 5.41) is 73.1. The Morgan fingerprint density at radius 3 is 1.30 bits per heavy atom. The Balaban J connectivity index is 1.88. The number of nitro groups is 6. The number of nitrogens with zero attached hydrogens (tertiary/aromatic N) is 6. The van der Waals surface area contributed by atoms with Crippen LogP contribution in [-0.4, -0.2) is 52.7 Å². The Kier molecular flexibility index (Phi) is 6.87. The molecule has 0 atom stereocenters. The summed E-state index contributed by atoms with van der Waals surface area (Å²) in [6.07, 6.45) is 0. The molecule has 246 valence electrons. The van der Waals surface area contributed by atoms with E-state index in [2.05, 4.69) is 0 Å². The van der Waals surface area contributed by atoms with Crippen molar-refractivity contribution in [2.45, 2.75) is 0 Å². The Morgan fingerprint density at radius 2 is 0.780 bits per heavy atom. The minimum Gasteiger partial charge on any atom is -0.289 e. The number of benzene rings is 4. The van der Waals surface area contributed by atoms with Gasteiger partial charge in [-0.05, 0) is 0 Å². The van der Waals surface area contributed by atoms with Crippen molar-refractivity contribution in [3.63, 3.8) is 0 Å². The molecule has 4 aromatic rings. The van der Waals surface area contributed by atoms with Crippen LogP contribution in [0.3, 0.4) is 0 Å². The van der Waals surface area contributed by atoms with Gasteiger partial charge in [0.2, 0.25) is 5.78 Å². The molecule has 0 spiro atoms. The summed E-state index contributed by atoms with van der Waals surface area (Å²) < 4.78 is 0. The fourth-order valence-electron chi connectivity index (χ4n) is 6.11. The summed E-state index contributed by atoms with van der Waals surface area (Å²) in [4.78, 5) is 119. The van der Waals surface area contributed by atoms with E-state index < -0.39 is 131 Å². The topological polar surface area (TPSA) is 327 Å². The minimum atomic E-state index is -2.05. The van der Waals surface area contributed by atoms with E-state index in [-0.39, 0.29) is 17.2 Å². The zero-order chi connectivity index (χ0) is 36.7. The maximum atomic E-state index is 14.3. The molecule has 0 heterocycles. The lowest BCUT2D eigenvalue weighted by Crippen LogP contribution is -2.27. The summed E-state index contributed by atoms with van der Waals surface area (Å²) in [6.45, 7) is 0. The van der Waals surface area contributed by atoms with Crippen molar-refractivity contribution in [1.29, 1.82) is 0 Å². The third kappa shape index (κ3) is 4.15. The smallest absolute Gasteiger partial charge is 0.289 e. The number of carbonyl (C=O) groups excluding carboxylic acids is 4. The third-order valence-electron chi connectivity index (χ3n) is 7.93. The molecular weight excluding hydrogens is 676 g/mol. The maximum absolute atomic E-state index is 14.3. The Morgan fingerprint density at radius 1 is 0.340 bits per heavy atom. The first-order chi connectivity index (χ1) is 23.5. The first-order valence-electron chi connectivity index (χ1n) is 13.2. The van der Waals surface area contributed by atoms with Gasteiger partial charge in [0.05, 0.1) is 40.7 Å². The van der Waals surface area contributed by atoms with Crippen molar-refractivity contribution in [3.8, 4) is 11.1 Å². The van der Waals surface area contributed by atoms with Gasteiger partial charge in [0.15, 0.2) is 17.3 Å². The number of fused-ring (bicyclic) bond motifs is 4. The number of hydrogen-bond donors (Lipinski definition) is 0. The van der Waals surface area contributed by atoms with Crippen molar-refractivity contribution < 1.29 is 48.7 Å². The predicted octanol–water partition coefficient (Wildman–Crippen LogP) is 4.35. The van der Waals surface area contributed by atoms with Crippen LogP contribution in [0, 0.1) is 60.7 Å². The molecule has 0 unspecified atom stereocenters. The molecule has 0 saturated carbocycles. The van der Waals surface area contributed by atoms with Gasteiger partial charge in [0.25, 0.3) is 0 Å². The molecule has 0 bridgehead atoms. The average Bonchev–Trinajstić information content (AvgIpc) is 3.06. The lowest BCUT2D eigenvalue weighted by Gasteiger charge is -2.23. The molecule has 0 fully saturated rings. The molecule has 0 N–H and O–H groups in total. The summed E-state index contributed by atoms with van der Waals surface area (Å²) in [5.41, 5.74) is -21.2. The van der Waals surface area contributed by atoms with Crippen LogP contribution in [0.25, 0.3) is 11.1 Å². The van der Waals surface area contributed by atoms with Gasteiger partial charge in [-0.25, -0.2) is 0 Å². The molecule has 0 radical (unpaired) electrons. The van der Waals surface area contributed by atoms with E-state index in [1.54, 1.807) is 0 Å². The highest BCUT2D eigenvalue weighted by Crippen LogP contribution is 2.54. The van der Waals surface area contributed by atoms with Crippen LogP contribution in [-0.2, 0) is 0 Å². The Hall–Kier alpha value is -8.04. The molecule has 2 aliphatic rings. The van der Waals surface area contributed by atoms with Crippen LogP contribution in [0.1, 0.15) is 63.7 Å². The largest absolute Gasteiger partial charge is 0.423 e. The second kappa shape index (κ2) is 10.8. The highest BCUT2D eigenvalue weighted by Gasteiger charge is 2.55. The van der Waals surface area contributed by atoms with Gasteiger partial charge < -0.3 is 0 Å². The second-order valence-corrected chi connectivity index (χ2v) is 10.3. The minimum absolute atomic E-state index is 0.0673. The predicted molar refractivity (Wildman–Crippen MR) is 158 cm³/mol. The summed E-state index contributed by atoms with van der Waals surface area (Å²) >= 11 is 0. The molecule has 2 aliphatic carbocycles. The number of hydrogen-bond acceptors (Lipinski definition) is 16. The van der Waals surface area contributed by atoms with Gasteiger partial charge in [-0.2, -0.15) is 0 Å². The molecule has 6 rings (SSSR count). The molecule has 22 nitrogen and oxygen atoms in total. The lowest BCUT2D eigenvalue weighted by atomic mass is 9.74. The van der Waals surface area contributed by atoms with Crippen LogP contribution in [0.2, 0.25) is 0 Å². The van der Waals surface area contributed by atoms with Crippen LogP contribution in [0.5, 0.6) is 0 Å². The Bertz CT molecular complexity index is 2490. The number of rotatable bonds is 7. The van der Waals surface area contributed by atoms with Crippen LogP contribution < -0.4 is 0 Å². The van der Waals surface area contributed by atoms with Crippen LogP contribution in [0.15, 0.2) is 48.5 Å². The summed E-state index contributed by atoms with van der Waals surface area (Å²) in [6, 6.07) is 8.25. The van der Waals surface area contributed by atoms with Crippen molar-refractivity contribution >= 4 is 57.3 Å². The normalized spacial score (nSPS) is 12.7. The molecular formula is C28H8N6O16. The fraction of sp³-hybridized carbons (Fsp3) is 0. The van der Waals surface area contributed by atoms with Crippen LogP contribution >= 0.6 is 0 Å². The molecule has 50 heavy (non-hydrogen) atoms. The van der Waals surface area contributed by atoms with Crippen molar-refractivity contribution in [1.82, 2.24) is 0 Å². The van der Waals surface area contributed by atoms with Crippen molar-refractivity contribution in [2.24, 2.45) is 0 Å². The monoisotopic (exact) mass is 684 g/mol. The number of nitro benzene ring substituents is 6.